The molecule has 106 valence electrons. The van der Waals surface area contributed by atoms with Gasteiger partial charge in [-0.15, -0.1) is 0 Å². The second-order valence-corrected chi connectivity index (χ2v) is 5.32. The quantitative estimate of drug-likeness (QED) is 0.657. The van der Waals surface area contributed by atoms with Crippen LogP contribution in [0, 0.1) is 0 Å². The summed E-state index contributed by atoms with van der Waals surface area (Å²) in [7, 11) is 0. The molecule has 0 aromatic carbocycles. The molecule has 0 saturated carbocycles. The summed E-state index contributed by atoms with van der Waals surface area (Å²) in [5, 5.41) is 0. The summed E-state index contributed by atoms with van der Waals surface area (Å²) in [6, 6.07) is 1.70. The lowest BCUT2D eigenvalue weighted by Gasteiger charge is -2.19. The van der Waals surface area contributed by atoms with E-state index in [4.69, 9.17) is 9.47 Å². The van der Waals surface area contributed by atoms with Crippen LogP contribution >= 0.6 is 0 Å². The van der Waals surface area contributed by atoms with Crippen molar-refractivity contribution in [2.75, 3.05) is 6.61 Å². The van der Waals surface area contributed by atoms with Crippen LogP contribution in [-0.4, -0.2) is 29.1 Å². The van der Waals surface area contributed by atoms with E-state index < -0.39 is 5.60 Å². The number of hydrogen-bond acceptors (Lipinski definition) is 4. The van der Waals surface area contributed by atoms with Gasteiger partial charge in [-0.3, -0.25) is 4.79 Å². The summed E-state index contributed by atoms with van der Waals surface area (Å²) in [6.45, 7) is 7.22. The van der Waals surface area contributed by atoms with E-state index in [9.17, 15) is 9.59 Å². The largest absolute Gasteiger partial charge is 0.466 e. The van der Waals surface area contributed by atoms with Gasteiger partial charge in [-0.05, 0) is 39.7 Å². The molecule has 0 aliphatic heterocycles. The molecule has 1 heterocycles. The van der Waals surface area contributed by atoms with E-state index in [-0.39, 0.29) is 11.9 Å². The first kappa shape index (κ1) is 15.3. The molecule has 0 aliphatic carbocycles. The monoisotopic (exact) mass is 267 g/mol. The lowest BCUT2D eigenvalue weighted by molar-refractivity contribution is -0.141. The van der Waals surface area contributed by atoms with Crippen LogP contribution in [0.25, 0.3) is 0 Å². The van der Waals surface area contributed by atoms with Crippen LogP contribution in [0.15, 0.2) is 12.3 Å². The molecular formula is C14H21NO4. The number of esters is 2. The van der Waals surface area contributed by atoms with Crippen molar-refractivity contribution in [3.05, 3.63) is 23.5 Å². The molecule has 0 radical (unpaired) electrons. The molecule has 0 atom stereocenters. The van der Waals surface area contributed by atoms with Crippen LogP contribution in [0.2, 0.25) is 0 Å². The molecule has 1 aromatic rings. The molecule has 5 nitrogen and oxygen atoms in total. The SMILES string of the molecule is CC(=O)OCCCc1[nH]ccc1C(=O)OC(C)(C)C. The lowest BCUT2D eigenvalue weighted by atomic mass is 10.1. The van der Waals surface area contributed by atoms with Crippen molar-refractivity contribution in [2.24, 2.45) is 0 Å². The van der Waals surface area contributed by atoms with E-state index in [0.717, 1.165) is 5.69 Å². The number of H-pyrrole nitrogens is 1. The zero-order valence-electron chi connectivity index (χ0n) is 11.9. The standard InChI is InChI=1S/C14H21NO4/c1-10(16)18-9-5-6-12-11(7-8-15-12)13(17)19-14(2,3)4/h7-8,15H,5-6,9H2,1-4H3. The van der Waals surface area contributed by atoms with Crippen LogP contribution in [0.4, 0.5) is 0 Å². The Morgan fingerprint density at radius 2 is 2.00 bits per heavy atom. The Kier molecular flexibility index (Phi) is 5.15. The molecule has 0 saturated heterocycles. The topological polar surface area (TPSA) is 68.4 Å². The van der Waals surface area contributed by atoms with Gasteiger partial charge in [-0.25, -0.2) is 4.79 Å². The molecule has 1 N–H and O–H groups in total. The highest BCUT2D eigenvalue weighted by Crippen LogP contribution is 2.16. The van der Waals surface area contributed by atoms with Gasteiger partial charge in [0.1, 0.15) is 5.60 Å². The van der Waals surface area contributed by atoms with Crippen LogP contribution in [0.3, 0.4) is 0 Å². The Balaban J connectivity index is 2.55. The molecule has 19 heavy (non-hydrogen) atoms. The Morgan fingerprint density at radius 3 is 2.58 bits per heavy atom. The number of aromatic nitrogens is 1. The molecule has 1 aromatic heterocycles. The van der Waals surface area contributed by atoms with Gasteiger partial charge in [0.05, 0.1) is 12.2 Å². The third-order valence-corrected chi connectivity index (χ3v) is 2.33. The second kappa shape index (κ2) is 6.41. The normalized spacial score (nSPS) is 11.2. The third kappa shape index (κ3) is 5.59. The van der Waals surface area contributed by atoms with Gasteiger partial charge < -0.3 is 14.5 Å². The maximum absolute atomic E-state index is 12.0. The molecule has 0 amide bonds. The average Bonchev–Trinajstić information content (AvgIpc) is 2.69. The zero-order valence-corrected chi connectivity index (χ0v) is 11.9. The predicted molar refractivity (Wildman–Crippen MR) is 70.9 cm³/mol. The van der Waals surface area contributed by atoms with E-state index in [1.165, 1.54) is 6.92 Å². The van der Waals surface area contributed by atoms with Crippen LogP contribution < -0.4 is 0 Å². The number of ether oxygens (including phenoxy) is 2. The summed E-state index contributed by atoms with van der Waals surface area (Å²) >= 11 is 0. The zero-order chi connectivity index (χ0) is 14.5. The van der Waals surface area contributed by atoms with Crippen molar-refractivity contribution in [1.29, 1.82) is 0 Å². The Hall–Kier alpha value is -1.78. The highest BCUT2D eigenvalue weighted by molar-refractivity contribution is 5.91. The summed E-state index contributed by atoms with van der Waals surface area (Å²) in [4.78, 5) is 25.6. The van der Waals surface area contributed by atoms with Gasteiger partial charge in [0.25, 0.3) is 0 Å². The van der Waals surface area contributed by atoms with Gasteiger partial charge in [-0.2, -0.15) is 0 Å². The maximum atomic E-state index is 12.0. The fourth-order valence-electron chi connectivity index (χ4n) is 1.60. The maximum Gasteiger partial charge on any atom is 0.340 e. The lowest BCUT2D eigenvalue weighted by Crippen LogP contribution is -2.24. The van der Waals surface area contributed by atoms with E-state index >= 15 is 0 Å². The van der Waals surface area contributed by atoms with Gasteiger partial charge in [-0.1, -0.05) is 0 Å². The fraction of sp³-hybridized carbons (Fsp3) is 0.571. The van der Waals surface area contributed by atoms with E-state index in [1.54, 1.807) is 12.3 Å². The first-order valence-electron chi connectivity index (χ1n) is 6.32. The minimum absolute atomic E-state index is 0.293. The van der Waals surface area contributed by atoms with Gasteiger partial charge in [0.2, 0.25) is 0 Å². The molecule has 0 aliphatic rings. The summed E-state index contributed by atoms with van der Waals surface area (Å²) in [6.07, 6.45) is 3.01. The van der Waals surface area contributed by atoms with E-state index in [0.29, 0.717) is 25.0 Å². The highest BCUT2D eigenvalue weighted by atomic mass is 16.6. The Labute approximate surface area is 113 Å². The summed E-state index contributed by atoms with van der Waals surface area (Å²) in [5.74, 6) is -0.630. The van der Waals surface area contributed by atoms with Crippen molar-refractivity contribution in [1.82, 2.24) is 4.98 Å². The smallest absolute Gasteiger partial charge is 0.340 e. The van der Waals surface area contributed by atoms with Crippen molar-refractivity contribution in [3.63, 3.8) is 0 Å². The van der Waals surface area contributed by atoms with Crippen molar-refractivity contribution in [3.8, 4) is 0 Å². The summed E-state index contributed by atoms with van der Waals surface area (Å²) in [5.41, 5.74) is 0.836. The number of aromatic amines is 1. The highest BCUT2D eigenvalue weighted by Gasteiger charge is 2.20. The minimum Gasteiger partial charge on any atom is -0.466 e. The van der Waals surface area contributed by atoms with Crippen molar-refractivity contribution < 1.29 is 19.1 Å². The van der Waals surface area contributed by atoms with E-state index in [1.807, 2.05) is 20.8 Å². The first-order valence-corrected chi connectivity index (χ1v) is 6.32. The van der Waals surface area contributed by atoms with Crippen molar-refractivity contribution in [2.45, 2.75) is 46.1 Å². The molecule has 5 heteroatoms. The second-order valence-electron chi connectivity index (χ2n) is 5.32. The van der Waals surface area contributed by atoms with Crippen LogP contribution in [0.1, 0.15) is 50.2 Å². The number of nitrogens with one attached hydrogen (secondary N) is 1. The number of aryl methyl sites for hydroxylation is 1. The van der Waals surface area contributed by atoms with Crippen LogP contribution in [0.5, 0.6) is 0 Å². The molecule has 0 fully saturated rings. The molecule has 0 unspecified atom stereocenters. The Morgan fingerprint density at radius 1 is 1.32 bits per heavy atom. The van der Waals surface area contributed by atoms with Gasteiger partial charge in [0.15, 0.2) is 0 Å². The first-order chi connectivity index (χ1) is 8.79. The number of rotatable bonds is 5. The third-order valence-electron chi connectivity index (χ3n) is 2.33. The molecule has 0 spiro atoms. The minimum atomic E-state index is -0.511. The molecule has 0 bridgehead atoms. The number of carbonyl (C=O) groups excluding carboxylic acids is 2. The molecule has 1 rings (SSSR count). The molecular weight excluding hydrogens is 246 g/mol. The fourth-order valence-corrected chi connectivity index (χ4v) is 1.60. The number of carbonyl (C=O) groups is 2. The van der Waals surface area contributed by atoms with Gasteiger partial charge in [0, 0.05) is 18.8 Å². The summed E-state index contributed by atoms with van der Waals surface area (Å²) < 4.78 is 10.2. The van der Waals surface area contributed by atoms with Crippen molar-refractivity contribution >= 4 is 11.9 Å². The predicted octanol–water partition coefficient (Wildman–Crippen LogP) is 2.47. The number of hydrogen-bond donors (Lipinski definition) is 1. The van der Waals surface area contributed by atoms with Gasteiger partial charge >= 0.3 is 11.9 Å². The average molecular weight is 267 g/mol. The van der Waals surface area contributed by atoms with Crippen LogP contribution in [-0.2, 0) is 20.7 Å². The Bertz CT molecular complexity index is 443. The van der Waals surface area contributed by atoms with E-state index in [2.05, 4.69) is 4.98 Å².